The molecule has 26 heavy (non-hydrogen) atoms. The molecule has 0 atom stereocenters. The summed E-state index contributed by atoms with van der Waals surface area (Å²) < 4.78 is 31.4. The number of sulfonamides is 1. The molecule has 0 spiro atoms. The molecule has 1 N–H and O–H groups in total. The third-order valence-electron chi connectivity index (χ3n) is 4.03. The highest BCUT2D eigenvalue weighted by atomic mass is 32.2. The molecular weight excluding hydrogens is 352 g/mol. The topological polar surface area (TPSA) is 94.7 Å². The number of aryl methyl sites for hydroxylation is 2. The normalized spacial score (nSPS) is 11.8. The van der Waals surface area contributed by atoms with E-state index in [2.05, 4.69) is 19.9 Å². The summed E-state index contributed by atoms with van der Waals surface area (Å²) in [4.78, 5) is 4.31. The van der Waals surface area contributed by atoms with Gasteiger partial charge in [-0.25, -0.2) is 8.42 Å². The Morgan fingerprint density at radius 3 is 2.54 bits per heavy atom. The highest BCUT2D eigenvalue weighted by Gasteiger charge is 2.18. The van der Waals surface area contributed by atoms with Crippen LogP contribution in [0.3, 0.4) is 0 Å². The Kier molecular flexibility index (Phi) is 3.73. The van der Waals surface area contributed by atoms with Gasteiger partial charge in [-0.15, -0.1) is 0 Å². The molecule has 1 aromatic carbocycles. The van der Waals surface area contributed by atoms with Gasteiger partial charge in [0.05, 0.1) is 23.1 Å². The standard InChI is InChI=1S/C17H16N6O2S/c1-22-9-8-15(20-22)14-7-6-13(11-18-14)26(24,25)21-16-5-3-4-12-10-19-23(2)17(12)16/h3-11,21H,1-2H3. The summed E-state index contributed by atoms with van der Waals surface area (Å²) in [7, 11) is -0.194. The average molecular weight is 368 g/mol. The summed E-state index contributed by atoms with van der Waals surface area (Å²) in [5.41, 5.74) is 2.48. The molecule has 3 aromatic heterocycles. The van der Waals surface area contributed by atoms with Crippen molar-refractivity contribution in [2.24, 2.45) is 14.1 Å². The number of rotatable bonds is 4. The molecule has 9 heteroatoms. The Hall–Kier alpha value is -3.20. The fraction of sp³-hybridized carbons (Fsp3) is 0.118. The molecule has 0 aliphatic carbocycles. The van der Waals surface area contributed by atoms with E-state index in [1.807, 2.05) is 19.2 Å². The lowest BCUT2D eigenvalue weighted by atomic mass is 10.2. The smallest absolute Gasteiger partial charge is 0.263 e. The van der Waals surface area contributed by atoms with Crippen LogP contribution in [0.4, 0.5) is 5.69 Å². The van der Waals surface area contributed by atoms with E-state index in [-0.39, 0.29) is 4.90 Å². The van der Waals surface area contributed by atoms with Crippen LogP contribution in [-0.2, 0) is 24.1 Å². The Balaban J connectivity index is 1.67. The first-order valence-corrected chi connectivity index (χ1v) is 9.32. The summed E-state index contributed by atoms with van der Waals surface area (Å²) in [5, 5.41) is 9.28. The predicted octanol–water partition coefficient (Wildman–Crippen LogP) is 2.17. The lowest BCUT2D eigenvalue weighted by Gasteiger charge is -2.10. The van der Waals surface area contributed by atoms with Crippen molar-refractivity contribution in [3.8, 4) is 11.4 Å². The molecule has 4 rings (SSSR count). The van der Waals surface area contributed by atoms with Gasteiger partial charge in [0.25, 0.3) is 10.0 Å². The number of hydrogen-bond donors (Lipinski definition) is 1. The minimum absolute atomic E-state index is 0.0800. The Morgan fingerprint density at radius 2 is 1.85 bits per heavy atom. The maximum atomic E-state index is 12.7. The number of benzene rings is 1. The van der Waals surface area contributed by atoms with Gasteiger partial charge in [0.1, 0.15) is 10.6 Å². The fourth-order valence-electron chi connectivity index (χ4n) is 2.76. The first-order valence-electron chi connectivity index (χ1n) is 7.84. The van der Waals surface area contributed by atoms with Crippen molar-refractivity contribution in [1.82, 2.24) is 24.5 Å². The van der Waals surface area contributed by atoms with Crippen LogP contribution in [-0.4, -0.2) is 33.0 Å². The van der Waals surface area contributed by atoms with Crippen LogP contribution in [0.25, 0.3) is 22.3 Å². The van der Waals surface area contributed by atoms with Gasteiger partial charge in [0, 0.05) is 31.9 Å². The SMILES string of the molecule is Cn1ccc(-c2ccc(S(=O)(=O)Nc3cccc4cnn(C)c34)cn2)n1. The highest BCUT2D eigenvalue weighted by Crippen LogP contribution is 2.25. The summed E-state index contributed by atoms with van der Waals surface area (Å²) in [6, 6.07) is 10.3. The Labute approximate surface area is 150 Å². The van der Waals surface area contributed by atoms with Crippen molar-refractivity contribution in [3.63, 3.8) is 0 Å². The molecule has 132 valence electrons. The van der Waals surface area contributed by atoms with Crippen molar-refractivity contribution in [2.45, 2.75) is 4.90 Å². The molecule has 0 aliphatic rings. The van der Waals surface area contributed by atoms with Gasteiger partial charge in [-0.05, 0) is 24.3 Å². The third-order valence-corrected chi connectivity index (χ3v) is 5.38. The van der Waals surface area contributed by atoms with E-state index in [9.17, 15) is 8.42 Å². The number of aromatic nitrogens is 5. The maximum absolute atomic E-state index is 12.7. The second-order valence-electron chi connectivity index (χ2n) is 5.87. The monoisotopic (exact) mass is 368 g/mol. The summed E-state index contributed by atoms with van der Waals surface area (Å²) >= 11 is 0. The summed E-state index contributed by atoms with van der Waals surface area (Å²) in [5.74, 6) is 0. The maximum Gasteiger partial charge on any atom is 0.263 e. The van der Waals surface area contributed by atoms with Gasteiger partial charge in [-0.2, -0.15) is 10.2 Å². The molecule has 0 bridgehead atoms. The van der Waals surface area contributed by atoms with Gasteiger partial charge in [0.15, 0.2) is 0 Å². The molecule has 0 amide bonds. The number of para-hydroxylation sites is 1. The molecule has 0 saturated carbocycles. The Bertz CT molecular complexity index is 1190. The van der Waals surface area contributed by atoms with E-state index in [1.165, 1.54) is 12.3 Å². The number of nitrogens with one attached hydrogen (secondary N) is 1. The fourth-order valence-corrected chi connectivity index (χ4v) is 3.77. The predicted molar refractivity (Wildman–Crippen MR) is 98.0 cm³/mol. The number of pyridine rings is 1. The van der Waals surface area contributed by atoms with Gasteiger partial charge in [-0.3, -0.25) is 19.1 Å². The van der Waals surface area contributed by atoms with E-state index in [0.717, 1.165) is 5.39 Å². The van der Waals surface area contributed by atoms with Gasteiger partial charge in [-0.1, -0.05) is 12.1 Å². The van der Waals surface area contributed by atoms with Crippen LogP contribution in [0.15, 0.2) is 59.9 Å². The quantitative estimate of drug-likeness (QED) is 0.596. The van der Waals surface area contributed by atoms with Gasteiger partial charge in [0.2, 0.25) is 0 Å². The van der Waals surface area contributed by atoms with Crippen LogP contribution in [0.1, 0.15) is 0 Å². The minimum atomic E-state index is -3.77. The molecule has 8 nitrogen and oxygen atoms in total. The van der Waals surface area contributed by atoms with E-state index >= 15 is 0 Å². The van der Waals surface area contributed by atoms with Crippen LogP contribution < -0.4 is 4.72 Å². The molecule has 0 fully saturated rings. The molecule has 0 aliphatic heterocycles. The molecule has 0 unspecified atom stereocenters. The Morgan fingerprint density at radius 1 is 1.00 bits per heavy atom. The summed E-state index contributed by atoms with van der Waals surface area (Å²) in [6.45, 7) is 0. The van der Waals surface area contributed by atoms with E-state index < -0.39 is 10.0 Å². The van der Waals surface area contributed by atoms with Crippen molar-refractivity contribution >= 4 is 26.6 Å². The van der Waals surface area contributed by atoms with Crippen LogP contribution in [0, 0.1) is 0 Å². The molecular formula is C17H16N6O2S. The zero-order valence-electron chi connectivity index (χ0n) is 14.2. The first-order chi connectivity index (χ1) is 12.4. The largest absolute Gasteiger partial charge is 0.277 e. The summed E-state index contributed by atoms with van der Waals surface area (Å²) in [6.07, 6.45) is 4.82. The number of nitrogens with zero attached hydrogens (tertiary/aromatic N) is 5. The molecule has 3 heterocycles. The van der Waals surface area contributed by atoms with Crippen LogP contribution in [0.5, 0.6) is 0 Å². The zero-order valence-corrected chi connectivity index (χ0v) is 15.0. The van der Waals surface area contributed by atoms with E-state index in [0.29, 0.717) is 22.6 Å². The zero-order chi connectivity index (χ0) is 18.3. The minimum Gasteiger partial charge on any atom is -0.277 e. The second kappa shape index (κ2) is 5.95. The third kappa shape index (κ3) is 2.82. The van der Waals surface area contributed by atoms with E-state index in [1.54, 1.807) is 47.0 Å². The van der Waals surface area contributed by atoms with Gasteiger partial charge >= 0.3 is 0 Å². The molecule has 4 aromatic rings. The van der Waals surface area contributed by atoms with Crippen molar-refractivity contribution < 1.29 is 8.42 Å². The number of anilines is 1. The molecule has 0 saturated heterocycles. The second-order valence-corrected chi connectivity index (χ2v) is 7.55. The average Bonchev–Trinajstić information content (AvgIpc) is 3.22. The first kappa shape index (κ1) is 16.3. The van der Waals surface area contributed by atoms with E-state index in [4.69, 9.17) is 0 Å². The lowest BCUT2D eigenvalue weighted by Crippen LogP contribution is -2.14. The van der Waals surface area contributed by atoms with Crippen molar-refractivity contribution in [2.75, 3.05) is 4.72 Å². The van der Waals surface area contributed by atoms with Crippen LogP contribution in [0.2, 0.25) is 0 Å². The molecule has 0 radical (unpaired) electrons. The highest BCUT2D eigenvalue weighted by molar-refractivity contribution is 7.92. The number of hydrogen-bond acceptors (Lipinski definition) is 5. The lowest BCUT2D eigenvalue weighted by molar-refractivity contribution is 0.601. The van der Waals surface area contributed by atoms with Gasteiger partial charge < -0.3 is 0 Å². The van der Waals surface area contributed by atoms with Crippen LogP contribution >= 0.6 is 0 Å². The number of fused-ring (bicyclic) bond motifs is 1. The van der Waals surface area contributed by atoms with Crippen molar-refractivity contribution in [3.05, 3.63) is 55.0 Å². The van der Waals surface area contributed by atoms with Crippen molar-refractivity contribution in [1.29, 1.82) is 0 Å².